The number of hydrogen-bond acceptors (Lipinski definition) is 6. The van der Waals surface area contributed by atoms with Crippen molar-refractivity contribution in [3.05, 3.63) is 26.9 Å². The van der Waals surface area contributed by atoms with Gasteiger partial charge in [0.05, 0.1) is 12.8 Å². The molecule has 0 spiro atoms. The molecular weight excluding hydrogens is 294 g/mol. The topological polar surface area (TPSA) is 54.5 Å². The Hall–Kier alpha value is -1.44. The number of anilines is 1. The average Bonchev–Trinajstić information content (AvgIpc) is 3.03. The van der Waals surface area contributed by atoms with Crippen LogP contribution < -0.4 is 10.1 Å². The Morgan fingerprint density at radius 1 is 1.55 bits per heavy atom. The summed E-state index contributed by atoms with van der Waals surface area (Å²) in [6.07, 6.45) is 0.945. The maximum atomic E-state index is 12.2. The highest BCUT2D eigenvalue weighted by Crippen LogP contribution is 2.30. The summed E-state index contributed by atoms with van der Waals surface area (Å²) < 4.78 is 5.17. The zero-order chi connectivity index (χ0) is 14.1. The van der Waals surface area contributed by atoms with Crippen molar-refractivity contribution in [3.8, 4) is 5.75 Å². The molecule has 1 N–H and O–H groups in total. The van der Waals surface area contributed by atoms with Gasteiger partial charge in [0.2, 0.25) is 0 Å². The summed E-state index contributed by atoms with van der Waals surface area (Å²) in [7, 11) is 3.66. The van der Waals surface area contributed by atoms with E-state index in [2.05, 4.69) is 22.2 Å². The molecule has 1 aliphatic heterocycles. The lowest BCUT2D eigenvalue weighted by atomic mass is 10.2. The fraction of sp³-hybridized carbons (Fsp3) is 0.385. The lowest BCUT2D eigenvalue weighted by Crippen LogP contribution is -2.25. The number of hydrogen-bond donors (Lipinski definition) is 1. The number of thiophene rings is 1. The third-order valence-corrected chi connectivity index (χ3v) is 5.09. The molecule has 7 heteroatoms. The number of ether oxygens (including phenoxy) is 1. The molecule has 0 saturated heterocycles. The molecule has 1 aliphatic rings. The second-order valence-electron chi connectivity index (χ2n) is 4.65. The molecule has 0 aliphatic carbocycles. The van der Waals surface area contributed by atoms with Crippen LogP contribution >= 0.6 is 22.7 Å². The van der Waals surface area contributed by atoms with Crippen LogP contribution in [0, 0.1) is 0 Å². The van der Waals surface area contributed by atoms with Crippen molar-refractivity contribution >= 4 is 33.7 Å². The number of aromatic nitrogens is 1. The van der Waals surface area contributed by atoms with Crippen LogP contribution in [0.2, 0.25) is 0 Å². The van der Waals surface area contributed by atoms with Crippen molar-refractivity contribution in [1.29, 1.82) is 0 Å². The molecule has 0 atom stereocenters. The van der Waals surface area contributed by atoms with Crippen LogP contribution in [0.4, 0.5) is 5.13 Å². The van der Waals surface area contributed by atoms with E-state index in [1.54, 1.807) is 24.5 Å². The zero-order valence-corrected chi connectivity index (χ0v) is 12.9. The molecule has 3 heterocycles. The van der Waals surface area contributed by atoms with E-state index in [1.807, 2.05) is 5.38 Å². The predicted octanol–water partition coefficient (Wildman–Crippen LogP) is 2.45. The summed E-state index contributed by atoms with van der Waals surface area (Å²) in [6, 6.07) is 1.79. The van der Waals surface area contributed by atoms with E-state index in [4.69, 9.17) is 4.74 Å². The van der Waals surface area contributed by atoms with Crippen molar-refractivity contribution < 1.29 is 9.53 Å². The molecule has 2 aromatic rings. The number of carbonyl (C=O) groups excluding carboxylic acids is 1. The molecule has 0 bridgehead atoms. The molecule has 0 fully saturated rings. The van der Waals surface area contributed by atoms with E-state index in [1.165, 1.54) is 16.2 Å². The molecule has 0 aromatic carbocycles. The van der Waals surface area contributed by atoms with Gasteiger partial charge in [-0.1, -0.05) is 0 Å². The van der Waals surface area contributed by atoms with Gasteiger partial charge in [0.1, 0.15) is 10.6 Å². The van der Waals surface area contributed by atoms with Crippen LogP contribution in [0.15, 0.2) is 11.4 Å². The highest BCUT2D eigenvalue weighted by molar-refractivity contribution is 7.16. The first-order chi connectivity index (χ1) is 9.67. The van der Waals surface area contributed by atoms with Crippen LogP contribution in [-0.2, 0) is 13.0 Å². The van der Waals surface area contributed by atoms with Gasteiger partial charge in [-0.3, -0.25) is 10.1 Å². The number of amides is 1. The van der Waals surface area contributed by atoms with Crippen LogP contribution in [0.5, 0.6) is 5.75 Å². The number of likely N-dealkylation sites (N-methyl/N-ethyl adjacent to an activating group) is 1. The number of carbonyl (C=O) groups is 1. The van der Waals surface area contributed by atoms with Crippen molar-refractivity contribution in [2.75, 3.05) is 26.0 Å². The average molecular weight is 309 g/mol. The summed E-state index contributed by atoms with van der Waals surface area (Å²) in [5, 5.41) is 5.39. The molecule has 3 rings (SSSR count). The number of nitrogens with zero attached hydrogens (tertiary/aromatic N) is 2. The van der Waals surface area contributed by atoms with Crippen LogP contribution in [0.25, 0.3) is 0 Å². The van der Waals surface area contributed by atoms with Gasteiger partial charge in [0.15, 0.2) is 5.13 Å². The lowest BCUT2D eigenvalue weighted by molar-refractivity contribution is 0.102. The van der Waals surface area contributed by atoms with Gasteiger partial charge in [-0.2, -0.15) is 0 Å². The first kappa shape index (κ1) is 13.5. The Kier molecular flexibility index (Phi) is 3.73. The zero-order valence-electron chi connectivity index (χ0n) is 11.3. The summed E-state index contributed by atoms with van der Waals surface area (Å²) in [6.45, 7) is 1.92. The number of thiazole rings is 1. The first-order valence-corrected chi connectivity index (χ1v) is 7.97. The van der Waals surface area contributed by atoms with E-state index >= 15 is 0 Å². The minimum atomic E-state index is -0.156. The van der Waals surface area contributed by atoms with Gasteiger partial charge in [0.25, 0.3) is 5.91 Å². The smallest absolute Gasteiger partial charge is 0.271 e. The van der Waals surface area contributed by atoms with Crippen molar-refractivity contribution in [3.63, 3.8) is 0 Å². The van der Waals surface area contributed by atoms with Gasteiger partial charge < -0.3 is 9.64 Å². The van der Waals surface area contributed by atoms with Gasteiger partial charge in [-0.05, 0) is 18.5 Å². The summed E-state index contributed by atoms with van der Waals surface area (Å²) in [5.41, 5.74) is 1.11. The third-order valence-electron chi connectivity index (χ3n) is 3.20. The van der Waals surface area contributed by atoms with Crippen LogP contribution in [0.3, 0.4) is 0 Å². The van der Waals surface area contributed by atoms with Crippen LogP contribution in [0.1, 0.15) is 20.2 Å². The largest absolute Gasteiger partial charge is 0.495 e. The molecule has 0 radical (unpaired) electrons. The Bertz CT molecular complexity index is 635. The second kappa shape index (κ2) is 5.51. The molecule has 0 saturated carbocycles. The number of nitrogens with one attached hydrogen (secondary N) is 1. The second-order valence-corrected chi connectivity index (χ2v) is 6.65. The first-order valence-electron chi connectivity index (χ1n) is 6.27. The predicted molar refractivity (Wildman–Crippen MR) is 81.0 cm³/mol. The maximum absolute atomic E-state index is 12.2. The third kappa shape index (κ3) is 2.56. The number of fused-ring (bicyclic) bond motifs is 1. The highest BCUT2D eigenvalue weighted by atomic mass is 32.1. The van der Waals surface area contributed by atoms with Crippen molar-refractivity contribution in [2.45, 2.75) is 13.0 Å². The number of rotatable bonds is 3. The van der Waals surface area contributed by atoms with Crippen molar-refractivity contribution in [2.24, 2.45) is 0 Å². The number of methoxy groups -OCH3 is 1. The Labute approximate surface area is 125 Å². The Morgan fingerprint density at radius 3 is 3.20 bits per heavy atom. The standard InChI is InChI=1S/C13H15N3O2S2/c1-16-5-3-8-10(7-16)20-13(14-8)15-12(17)11-9(18-2)4-6-19-11/h4,6H,3,5,7H2,1-2H3,(H,14,15,17). The minimum absolute atomic E-state index is 0.156. The Morgan fingerprint density at radius 2 is 2.40 bits per heavy atom. The fourth-order valence-electron chi connectivity index (χ4n) is 2.15. The van der Waals surface area contributed by atoms with Crippen molar-refractivity contribution in [1.82, 2.24) is 9.88 Å². The maximum Gasteiger partial charge on any atom is 0.271 e. The molecule has 106 valence electrons. The molecular formula is C13H15N3O2S2. The van der Waals surface area contributed by atoms with Gasteiger partial charge >= 0.3 is 0 Å². The SMILES string of the molecule is COc1ccsc1C(=O)Nc1nc2c(s1)CN(C)CC2. The van der Waals surface area contributed by atoms with E-state index in [0.717, 1.165) is 25.2 Å². The highest BCUT2D eigenvalue weighted by Gasteiger charge is 2.20. The molecule has 1 amide bonds. The van der Waals surface area contributed by atoms with E-state index in [0.29, 0.717) is 15.8 Å². The van der Waals surface area contributed by atoms with E-state index in [-0.39, 0.29) is 5.91 Å². The minimum Gasteiger partial charge on any atom is -0.495 e. The summed E-state index contributed by atoms with van der Waals surface area (Å²) in [5.74, 6) is 0.449. The molecule has 0 unspecified atom stereocenters. The molecule has 20 heavy (non-hydrogen) atoms. The fourth-order valence-corrected chi connectivity index (χ4v) is 3.99. The quantitative estimate of drug-likeness (QED) is 0.946. The van der Waals surface area contributed by atoms with Gasteiger partial charge in [0, 0.05) is 24.4 Å². The summed E-state index contributed by atoms with van der Waals surface area (Å²) >= 11 is 2.93. The van der Waals surface area contributed by atoms with Crippen LogP contribution in [-0.4, -0.2) is 36.5 Å². The summed E-state index contributed by atoms with van der Waals surface area (Å²) in [4.78, 5) is 20.8. The lowest BCUT2D eigenvalue weighted by Gasteiger charge is -2.20. The van der Waals surface area contributed by atoms with E-state index in [9.17, 15) is 4.79 Å². The van der Waals surface area contributed by atoms with E-state index < -0.39 is 0 Å². The normalized spacial score (nSPS) is 14.9. The molecule has 2 aromatic heterocycles. The Balaban J connectivity index is 1.77. The monoisotopic (exact) mass is 309 g/mol. The van der Waals surface area contributed by atoms with Gasteiger partial charge in [-0.15, -0.1) is 22.7 Å². The van der Waals surface area contributed by atoms with Gasteiger partial charge in [-0.25, -0.2) is 4.98 Å². The molecule has 5 nitrogen and oxygen atoms in total.